The van der Waals surface area contributed by atoms with Gasteiger partial charge in [-0.15, -0.1) is 5.10 Å². The Morgan fingerprint density at radius 1 is 1.07 bits per heavy atom. The molecule has 3 rings (SSSR count). The highest BCUT2D eigenvalue weighted by Gasteiger charge is 2.13. The maximum absolute atomic E-state index is 12.5. The number of nitrogens with zero attached hydrogens (tertiary/aromatic N) is 3. The summed E-state index contributed by atoms with van der Waals surface area (Å²) in [5.74, 6) is -0.399. The molecule has 1 aromatic heterocycles. The summed E-state index contributed by atoms with van der Waals surface area (Å²) >= 11 is 0. The average molecular weight is 379 g/mol. The van der Waals surface area contributed by atoms with Crippen molar-refractivity contribution in [1.82, 2.24) is 20.1 Å². The van der Waals surface area contributed by atoms with Crippen molar-refractivity contribution in [1.29, 1.82) is 0 Å². The molecular weight excluding hydrogens is 358 g/mol. The minimum Gasteiger partial charge on any atom is -0.380 e. The molecule has 0 aliphatic carbocycles. The summed E-state index contributed by atoms with van der Waals surface area (Å²) < 4.78 is 6.48. The Balaban J connectivity index is 1.55. The van der Waals surface area contributed by atoms with Crippen LogP contribution < -0.4 is 10.6 Å². The van der Waals surface area contributed by atoms with Gasteiger partial charge in [0, 0.05) is 19.2 Å². The number of amides is 2. The smallest absolute Gasteiger partial charge is 0.258 e. The second kappa shape index (κ2) is 9.43. The molecule has 0 bridgehead atoms. The quantitative estimate of drug-likeness (QED) is 0.624. The zero-order valence-corrected chi connectivity index (χ0v) is 15.5. The second-order valence-corrected chi connectivity index (χ2v) is 6.07. The summed E-state index contributed by atoms with van der Waals surface area (Å²) in [5, 5.41) is 9.58. The molecule has 2 amide bonds. The van der Waals surface area contributed by atoms with E-state index in [9.17, 15) is 9.59 Å². The van der Waals surface area contributed by atoms with E-state index in [1.54, 1.807) is 19.2 Å². The molecule has 28 heavy (non-hydrogen) atoms. The van der Waals surface area contributed by atoms with Gasteiger partial charge in [-0.2, -0.15) is 0 Å². The molecule has 0 fully saturated rings. The van der Waals surface area contributed by atoms with Gasteiger partial charge in [-0.3, -0.25) is 14.9 Å². The van der Waals surface area contributed by atoms with Gasteiger partial charge in [0.05, 0.1) is 6.61 Å². The van der Waals surface area contributed by atoms with E-state index in [1.807, 2.05) is 42.5 Å². The summed E-state index contributed by atoms with van der Waals surface area (Å²) in [4.78, 5) is 28.6. The Bertz CT molecular complexity index is 940. The van der Waals surface area contributed by atoms with Crippen molar-refractivity contribution in [2.45, 2.75) is 19.7 Å². The van der Waals surface area contributed by atoms with Crippen LogP contribution >= 0.6 is 0 Å². The topological polar surface area (TPSA) is 98.1 Å². The van der Waals surface area contributed by atoms with E-state index < -0.39 is 0 Å². The first kappa shape index (κ1) is 19.2. The van der Waals surface area contributed by atoms with Crippen molar-refractivity contribution in [3.63, 3.8) is 0 Å². The van der Waals surface area contributed by atoms with Crippen molar-refractivity contribution in [3.8, 4) is 0 Å². The van der Waals surface area contributed by atoms with E-state index in [0.29, 0.717) is 18.7 Å². The molecule has 0 unspecified atom stereocenters. The van der Waals surface area contributed by atoms with E-state index >= 15 is 0 Å². The van der Waals surface area contributed by atoms with E-state index in [4.69, 9.17) is 4.74 Å². The van der Waals surface area contributed by atoms with Crippen LogP contribution in [-0.4, -0.2) is 33.7 Å². The van der Waals surface area contributed by atoms with Crippen molar-refractivity contribution in [2.24, 2.45) is 0 Å². The lowest BCUT2D eigenvalue weighted by molar-refractivity contribution is -0.122. The first-order chi connectivity index (χ1) is 13.7. The maximum Gasteiger partial charge on any atom is 0.258 e. The summed E-state index contributed by atoms with van der Waals surface area (Å²) in [6, 6.07) is 16.8. The van der Waals surface area contributed by atoms with E-state index in [0.717, 1.165) is 11.1 Å². The fourth-order valence-electron chi connectivity index (χ4n) is 2.62. The molecule has 0 aliphatic heterocycles. The van der Waals surface area contributed by atoms with Gasteiger partial charge < -0.3 is 10.1 Å². The normalized spacial score (nSPS) is 10.5. The van der Waals surface area contributed by atoms with E-state index in [-0.39, 0.29) is 24.3 Å². The van der Waals surface area contributed by atoms with Crippen LogP contribution in [0.25, 0.3) is 0 Å². The van der Waals surface area contributed by atoms with Crippen LogP contribution in [0, 0.1) is 0 Å². The van der Waals surface area contributed by atoms with E-state index in [1.165, 1.54) is 11.0 Å². The molecule has 0 aliphatic rings. The molecule has 1 heterocycles. The number of benzene rings is 2. The molecule has 0 spiro atoms. The SMILES string of the molecule is COCc1ccccc1C(=O)Nc1ncn(CC(=O)NCc2ccccc2)n1. The van der Waals surface area contributed by atoms with Gasteiger partial charge in [0.1, 0.15) is 12.9 Å². The molecule has 0 saturated carbocycles. The summed E-state index contributed by atoms with van der Waals surface area (Å²) in [6.45, 7) is 0.775. The predicted molar refractivity (Wildman–Crippen MR) is 103 cm³/mol. The number of hydrogen-bond donors (Lipinski definition) is 2. The zero-order valence-electron chi connectivity index (χ0n) is 15.5. The van der Waals surface area contributed by atoms with Gasteiger partial charge in [0.15, 0.2) is 0 Å². The molecular formula is C20H21N5O3. The first-order valence-electron chi connectivity index (χ1n) is 8.74. The third-order valence-corrected chi connectivity index (χ3v) is 3.96. The summed E-state index contributed by atoms with van der Waals surface area (Å²) in [6.07, 6.45) is 1.40. The van der Waals surface area contributed by atoms with Crippen LogP contribution in [-0.2, 0) is 29.2 Å². The molecule has 8 heteroatoms. The standard InChI is InChI=1S/C20H21N5O3/c1-28-13-16-9-5-6-10-17(16)19(27)23-20-22-14-25(24-20)12-18(26)21-11-15-7-3-2-4-8-15/h2-10,14H,11-13H2,1H3,(H,21,26)(H,23,24,27). The number of anilines is 1. The Hall–Kier alpha value is -3.52. The fourth-order valence-corrected chi connectivity index (χ4v) is 2.62. The van der Waals surface area contributed by atoms with Crippen molar-refractivity contribution < 1.29 is 14.3 Å². The Morgan fingerprint density at radius 2 is 1.82 bits per heavy atom. The van der Waals surface area contributed by atoms with Crippen molar-refractivity contribution >= 4 is 17.8 Å². The van der Waals surface area contributed by atoms with Crippen LogP contribution in [0.2, 0.25) is 0 Å². The monoisotopic (exact) mass is 379 g/mol. The van der Waals surface area contributed by atoms with Crippen LogP contribution in [0.3, 0.4) is 0 Å². The minimum absolute atomic E-state index is 0.00989. The number of rotatable bonds is 8. The molecule has 3 aromatic rings. The van der Waals surface area contributed by atoms with Crippen LogP contribution in [0.1, 0.15) is 21.5 Å². The predicted octanol–water partition coefficient (Wildman–Crippen LogP) is 1.99. The molecule has 0 radical (unpaired) electrons. The number of methoxy groups -OCH3 is 1. The lowest BCUT2D eigenvalue weighted by Gasteiger charge is -2.07. The van der Waals surface area contributed by atoms with Gasteiger partial charge in [-0.1, -0.05) is 48.5 Å². The second-order valence-electron chi connectivity index (χ2n) is 6.07. The minimum atomic E-state index is -0.334. The maximum atomic E-state index is 12.5. The summed E-state index contributed by atoms with van der Waals surface area (Å²) in [5.41, 5.74) is 2.26. The van der Waals surface area contributed by atoms with Gasteiger partial charge in [-0.25, -0.2) is 9.67 Å². The largest absolute Gasteiger partial charge is 0.380 e. The molecule has 2 N–H and O–H groups in total. The molecule has 144 valence electrons. The highest BCUT2D eigenvalue weighted by molar-refractivity contribution is 6.04. The molecule has 8 nitrogen and oxygen atoms in total. The van der Waals surface area contributed by atoms with Crippen LogP contribution in [0.5, 0.6) is 0 Å². The number of aromatic nitrogens is 3. The van der Waals surface area contributed by atoms with Gasteiger partial charge in [-0.05, 0) is 17.2 Å². The van der Waals surface area contributed by atoms with Crippen LogP contribution in [0.15, 0.2) is 60.9 Å². The summed E-state index contributed by atoms with van der Waals surface area (Å²) in [7, 11) is 1.57. The fraction of sp³-hybridized carbons (Fsp3) is 0.200. The first-order valence-corrected chi connectivity index (χ1v) is 8.74. The lowest BCUT2D eigenvalue weighted by Crippen LogP contribution is -2.27. The third kappa shape index (κ3) is 5.24. The van der Waals surface area contributed by atoms with Gasteiger partial charge in [0.2, 0.25) is 11.9 Å². The molecule has 0 saturated heterocycles. The lowest BCUT2D eigenvalue weighted by atomic mass is 10.1. The van der Waals surface area contributed by atoms with Gasteiger partial charge in [0.25, 0.3) is 5.91 Å². The number of nitrogens with one attached hydrogen (secondary N) is 2. The van der Waals surface area contributed by atoms with Crippen molar-refractivity contribution in [3.05, 3.63) is 77.6 Å². The average Bonchev–Trinajstić information content (AvgIpc) is 3.14. The number of carbonyl (C=O) groups excluding carboxylic acids is 2. The molecule has 0 atom stereocenters. The van der Waals surface area contributed by atoms with Gasteiger partial charge >= 0.3 is 0 Å². The van der Waals surface area contributed by atoms with Crippen LogP contribution in [0.4, 0.5) is 5.95 Å². The van der Waals surface area contributed by atoms with Crippen molar-refractivity contribution in [2.75, 3.05) is 12.4 Å². The number of carbonyl (C=O) groups is 2. The number of ether oxygens (including phenoxy) is 1. The Labute approximate surface area is 162 Å². The third-order valence-electron chi connectivity index (χ3n) is 3.96. The molecule has 2 aromatic carbocycles. The highest BCUT2D eigenvalue weighted by atomic mass is 16.5. The zero-order chi connectivity index (χ0) is 19.8. The highest BCUT2D eigenvalue weighted by Crippen LogP contribution is 2.12. The Kier molecular flexibility index (Phi) is 6.48. The number of hydrogen-bond acceptors (Lipinski definition) is 5. The van der Waals surface area contributed by atoms with E-state index in [2.05, 4.69) is 20.7 Å². The Morgan fingerprint density at radius 3 is 2.61 bits per heavy atom.